The maximum atomic E-state index is 12.8. The minimum atomic E-state index is -0.154. The Morgan fingerprint density at radius 2 is 1.46 bits per heavy atom. The summed E-state index contributed by atoms with van der Waals surface area (Å²) in [6.45, 7) is 2.79. The van der Waals surface area contributed by atoms with Gasteiger partial charge in [-0.15, -0.1) is 0 Å². The monoisotopic (exact) mass is 345 g/mol. The fraction of sp³-hybridized carbons (Fsp3) is 0.174. The number of anilines is 1. The summed E-state index contributed by atoms with van der Waals surface area (Å²) in [5, 5.41) is 3.12. The number of para-hydroxylation sites is 1. The number of carbonyl (C=O) groups excluding carboxylic acids is 1. The molecule has 0 aliphatic rings. The van der Waals surface area contributed by atoms with Crippen molar-refractivity contribution >= 4 is 11.6 Å². The number of rotatable bonds is 6. The van der Waals surface area contributed by atoms with E-state index < -0.39 is 0 Å². The highest BCUT2D eigenvalue weighted by Crippen LogP contribution is 2.27. The van der Waals surface area contributed by atoms with Gasteiger partial charge in [-0.1, -0.05) is 78.9 Å². The van der Waals surface area contributed by atoms with E-state index in [1.165, 1.54) is 5.56 Å². The highest BCUT2D eigenvalue weighted by atomic mass is 16.2. The van der Waals surface area contributed by atoms with Crippen molar-refractivity contribution in [3.63, 3.8) is 0 Å². The summed E-state index contributed by atoms with van der Waals surface area (Å²) in [7, 11) is 2.06. The first-order chi connectivity index (χ1) is 12.6. The van der Waals surface area contributed by atoms with Crippen LogP contribution in [0.4, 0.5) is 5.69 Å². The second-order valence-electron chi connectivity index (χ2n) is 6.63. The van der Waals surface area contributed by atoms with Gasteiger partial charge in [0.1, 0.15) is 6.54 Å². The largest absolute Gasteiger partial charge is 0.324 e. The molecule has 0 saturated carbocycles. The summed E-state index contributed by atoms with van der Waals surface area (Å²) >= 11 is 0. The summed E-state index contributed by atoms with van der Waals surface area (Å²) in [5.41, 5.74) is 4.22. The second kappa shape index (κ2) is 8.45. The number of benzene rings is 3. The van der Waals surface area contributed by atoms with Crippen LogP contribution in [-0.2, 0) is 11.3 Å². The van der Waals surface area contributed by atoms with E-state index in [4.69, 9.17) is 0 Å². The lowest BCUT2D eigenvalue weighted by Crippen LogP contribution is -3.12. The molecular weight excluding hydrogens is 320 g/mol. The van der Waals surface area contributed by atoms with Crippen molar-refractivity contribution in [2.75, 3.05) is 12.4 Å². The van der Waals surface area contributed by atoms with E-state index in [9.17, 15) is 4.79 Å². The third-order valence-corrected chi connectivity index (χ3v) is 4.73. The molecule has 3 nitrogen and oxygen atoms in total. The summed E-state index contributed by atoms with van der Waals surface area (Å²) in [5.74, 6) is 0.0295. The average Bonchev–Trinajstić information content (AvgIpc) is 2.69. The number of quaternary nitrogens is 1. The molecule has 3 aromatic carbocycles. The molecule has 0 aromatic heterocycles. The van der Waals surface area contributed by atoms with Crippen molar-refractivity contribution < 1.29 is 9.69 Å². The molecule has 1 amide bonds. The predicted molar refractivity (Wildman–Crippen MR) is 107 cm³/mol. The molecule has 2 atom stereocenters. The summed E-state index contributed by atoms with van der Waals surface area (Å²) in [6.07, 6.45) is 0. The fourth-order valence-electron chi connectivity index (χ4n) is 3.00. The van der Waals surface area contributed by atoms with Crippen LogP contribution in [0.15, 0.2) is 84.9 Å². The van der Waals surface area contributed by atoms with E-state index in [0.717, 1.165) is 28.3 Å². The summed E-state index contributed by atoms with van der Waals surface area (Å²) < 4.78 is 0. The van der Waals surface area contributed by atoms with Crippen LogP contribution in [0.2, 0.25) is 0 Å². The SMILES string of the molecule is C[C@@H](C(=O)Nc1ccccc1-c1ccccc1)[NH+](C)Cc1ccccc1. The van der Waals surface area contributed by atoms with Crippen LogP contribution >= 0.6 is 0 Å². The molecule has 0 bridgehead atoms. The van der Waals surface area contributed by atoms with Crippen molar-refractivity contribution in [3.8, 4) is 11.1 Å². The van der Waals surface area contributed by atoms with Gasteiger partial charge in [0.25, 0.3) is 5.91 Å². The number of likely N-dealkylation sites (N-methyl/N-ethyl adjacent to an activating group) is 1. The van der Waals surface area contributed by atoms with Crippen LogP contribution < -0.4 is 10.2 Å². The first kappa shape index (κ1) is 17.9. The molecule has 0 radical (unpaired) electrons. The van der Waals surface area contributed by atoms with Gasteiger partial charge in [0.15, 0.2) is 6.04 Å². The molecule has 0 heterocycles. The first-order valence-electron chi connectivity index (χ1n) is 8.96. The van der Waals surface area contributed by atoms with Gasteiger partial charge in [0.05, 0.1) is 7.05 Å². The molecule has 3 rings (SSSR count). The zero-order valence-electron chi connectivity index (χ0n) is 15.3. The Labute approximate surface area is 155 Å². The normalized spacial score (nSPS) is 13.0. The van der Waals surface area contributed by atoms with E-state index in [-0.39, 0.29) is 11.9 Å². The molecule has 3 aromatic rings. The number of carbonyl (C=O) groups is 1. The van der Waals surface area contributed by atoms with E-state index in [0.29, 0.717) is 0 Å². The Kier molecular flexibility index (Phi) is 5.82. The lowest BCUT2D eigenvalue weighted by atomic mass is 10.0. The highest BCUT2D eigenvalue weighted by molar-refractivity contribution is 5.97. The molecule has 1 unspecified atom stereocenters. The minimum Gasteiger partial charge on any atom is -0.324 e. The van der Waals surface area contributed by atoms with Gasteiger partial charge in [0, 0.05) is 16.8 Å². The third kappa shape index (κ3) is 4.38. The molecule has 0 aliphatic heterocycles. The van der Waals surface area contributed by atoms with Gasteiger partial charge < -0.3 is 10.2 Å². The number of amides is 1. The molecule has 0 aliphatic carbocycles. The molecule has 0 saturated heterocycles. The first-order valence-corrected chi connectivity index (χ1v) is 8.96. The molecule has 26 heavy (non-hydrogen) atoms. The topological polar surface area (TPSA) is 33.5 Å². The van der Waals surface area contributed by atoms with Gasteiger partial charge in [-0.25, -0.2) is 0 Å². The van der Waals surface area contributed by atoms with Crippen LogP contribution in [-0.4, -0.2) is 19.0 Å². The number of hydrogen-bond acceptors (Lipinski definition) is 1. The van der Waals surface area contributed by atoms with Crippen LogP contribution in [0.5, 0.6) is 0 Å². The minimum absolute atomic E-state index is 0.0295. The van der Waals surface area contributed by atoms with Crippen molar-refractivity contribution in [1.29, 1.82) is 0 Å². The Morgan fingerprint density at radius 1 is 0.885 bits per heavy atom. The quantitative estimate of drug-likeness (QED) is 0.705. The van der Waals surface area contributed by atoms with Crippen molar-refractivity contribution in [2.45, 2.75) is 19.5 Å². The van der Waals surface area contributed by atoms with Crippen LogP contribution in [0, 0.1) is 0 Å². The zero-order valence-corrected chi connectivity index (χ0v) is 15.3. The van der Waals surface area contributed by atoms with Crippen LogP contribution in [0.1, 0.15) is 12.5 Å². The summed E-state index contributed by atoms with van der Waals surface area (Å²) in [4.78, 5) is 14.0. The number of nitrogens with one attached hydrogen (secondary N) is 2. The van der Waals surface area contributed by atoms with Crippen molar-refractivity contribution in [1.82, 2.24) is 0 Å². The van der Waals surface area contributed by atoms with Crippen LogP contribution in [0.3, 0.4) is 0 Å². The molecule has 132 valence electrons. The Hall–Kier alpha value is -2.91. The molecule has 0 fully saturated rings. The maximum Gasteiger partial charge on any atom is 0.282 e. The Bertz CT molecular complexity index is 846. The zero-order chi connectivity index (χ0) is 18.4. The van der Waals surface area contributed by atoms with Gasteiger partial charge in [-0.3, -0.25) is 4.79 Å². The van der Waals surface area contributed by atoms with E-state index >= 15 is 0 Å². The van der Waals surface area contributed by atoms with Crippen molar-refractivity contribution in [2.24, 2.45) is 0 Å². The van der Waals surface area contributed by atoms with Gasteiger partial charge in [-0.2, -0.15) is 0 Å². The van der Waals surface area contributed by atoms with E-state index in [1.807, 2.05) is 67.6 Å². The number of hydrogen-bond donors (Lipinski definition) is 2. The molecule has 3 heteroatoms. The van der Waals surface area contributed by atoms with E-state index in [2.05, 4.69) is 36.6 Å². The highest BCUT2D eigenvalue weighted by Gasteiger charge is 2.22. The third-order valence-electron chi connectivity index (χ3n) is 4.73. The van der Waals surface area contributed by atoms with Gasteiger partial charge in [-0.05, 0) is 18.6 Å². The maximum absolute atomic E-state index is 12.8. The predicted octanol–water partition coefficient (Wildman–Crippen LogP) is 3.40. The van der Waals surface area contributed by atoms with Gasteiger partial charge >= 0.3 is 0 Å². The van der Waals surface area contributed by atoms with Crippen LogP contribution in [0.25, 0.3) is 11.1 Å². The second-order valence-corrected chi connectivity index (χ2v) is 6.63. The molecule has 0 spiro atoms. The van der Waals surface area contributed by atoms with Crippen molar-refractivity contribution in [3.05, 3.63) is 90.5 Å². The van der Waals surface area contributed by atoms with E-state index in [1.54, 1.807) is 0 Å². The van der Waals surface area contributed by atoms with Gasteiger partial charge in [0.2, 0.25) is 0 Å². The fourth-order valence-corrected chi connectivity index (χ4v) is 3.00. The average molecular weight is 345 g/mol. The Morgan fingerprint density at radius 3 is 2.15 bits per heavy atom. The Balaban J connectivity index is 1.72. The molecule has 2 N–H and O–H groups in total. The standard InChI is InChI=1S/C23H24N2O/c1-18(25(2)17-19-11-5-3-6-12-19)23(26)24-22-16-10-9-15-21(22)20-13-7-4-8-14-20/h3-16,18H,17H2,1-2H3,(H,24,26)/p+1/t18-/m0/s1. The summed E-state index contributed by atoms with van der Waals surface area (Å²) in [6, 6.07) is 28.2. The lowest BCUT2D eigenvalue weighted by molar-refractivity contribution is -0.907. The smallest absolute Gasteiger partial charge is 0.282 e. The lowest BCUT2D eigenvalue weighted by Gasteiger charge is -2.22. The molecular formula is C23H25N2O+.